The van der Waals surface area contributed by atoms with E-state index in [1.54, 1.807) is 0 Å². The Labute approximate surface area is 242 Å². The summed E-state index contributed by atoms with van der Waals surface area (Å²) in [6.45, 7) is 10.5. The van der Waals surface area contributed by atoms with Crippen LogP contribution in [0.2, 0.25) is 18.1 Å². The second-order valence-electron chi connectivity index (χ2n) is 12.8. The molecular formula is C28H40N6O5SSi. The number of rotatable bonds is 8. The quantitative estimate of drug-likeness (QED) is 0.269. The van der Waals surface area contributed by atoms with Crippen molar-refractivity contribution in [1.82, 2.24) is 19.9 Å². The van der Waals surface area contributed by atoms with Crippen LogP contribution in [0.3, 0.4) is 0 Å². The first-order valence-electron chi connectivity index (χ1n) is 14.0. The lowest BCUT2D eigenvalue weighted by atomic mass is 10.1. The molecule has 5 N–H and O–H groups in total. The summed E-state index contributed by atoms with van der Waals surface area (Å²) in [5.41, 5.74) is 3.35. The number of aromatic nitrogens is 3. The summed E-state index contributed by atoms with van der Waals surface area (Å²) in [5.74, 6) is 0.0705. The zero-order valence-electron chi connectivity index (χ0n) is 24.2. The molecule has 41 heavy (non-hydrogen) atoms. The number of amides is 1. The molecule has 2 aromatic heterocycles. The molecule has 0 saturated heterocycles. The Hall–Kier alpha value is -3.00. The minimum absolute atomic E-state index is 0.125. The highest BCUT2D eigenvalue weighted by atomic mass is 32.2. The van der Waals surface area contributed by atoms with Crippen LogP contribution in [0.1, 0.15) is 63.2 Å². The Morgan fingerprint density at radius 1 is 1.20 bits per heavy atom. The van der Waals surface area contributed by atoms with Crippen molar-refractivity contribution in [2.24, 2.45) is 11.1 Å². The van der Waals surface area contributed by atoms with Crippen molar-refractivity contribution in [3.05, 3.63) is 54.0 Å². The molecule has 1 amide bonds. The molecular weight excluding hydrogens is 560 g/mol. The average Bonchev–Trinajstić information content (AvgIpc) is 3.58. The molecule has 5 atom stereocenters. The summed E-state index contributed by atoms with van der Waals surface area (Å²) in [4.78, 5) is 20.8. The van der Waals surface area contributed by atoms with Crippen LogP contribution in [0, 0.1) is 5.92 Å². The predicted octanol–water partition coefficient (Wildman–Crippen LogP) is 4.75. The molecule has 0 bridgehead atoms. The molecule has 1 unspecified atom stereocenters. The monoisotopic (exact) mass is 600 g/mol. The van der Waals surface area contributed by atoms with Gasteiger partial charge in [0.15, 0.2) is 13.7 Å². The Morgan fingerprint density at radius 2 is 1.93 bits per heavy atom. The number of anilines is 1. The van der Waals surface area contributed by atoms with E-state index in [0.717, 1.165) is 29.7 Å². The van der Waals surface area contributed by atoms with Gasteiger partial charge in [-0.25, -0.2) is 28.3 Å². The first-order valence-corrected chi connectivity index (χ1v) is 18.5. The van der Waals surface area contributed by atoms with Crippen molar-refractivity contribution in [3.63, 3.8) is 0 Å². The van der Waals surface area contributed by atoms with Crippen LogP contribution in [0.25, 0.3) is 11.0 Å². The lowest BCUT2D eigenvalue weighted by Gasteiger charge is -2.40. The van der Waals surface area contributed by atoms with Crippen molar-refractivity contribution >= 4 is 41.3 Å². The zero-order valence-corrected chi connectivity index (χ0v) is 26.0. The normalized spacial score (nSPS) is 23.9. The van der Waals surface area contributed by atoms with Crippen molar-refractivity contribution in [1.29, 1.82) is 0 Å². The van der Waals surface area contributed by atoms with E-state index in [1.165, 1.54) is 17.5 Å². The van der Waals surface area contributed by atoms with E-state index < -0.39 is 41.8 Å². The molecule has 0 spiro atoms. The SMILES string of the molecule is CC(C)(C)[Si](C)(C)O[C@H]1C[C@H](n2ccc3c(N[C@H]4CCc5ccccc54)ncnc32)C[C@@H]1C(NC(=O)O)S(N)(=O)=O. The third-order valence-electron chi connectivity index (χ3n) is 9.13. The van der Waals surface area contributed by atoms with Crippen LogP contribution in [-0.4, -0.2) is 53.9 Å². The summed E-state index contributed by atoms with van der Waals surface area (Å²) < 4.78 is 34.1. The lowest BCUT2D eigenvalue weighted by molar-refractivity contribution is 0.128. The summed E-state index contributed by atoms with van der Waals surface area (Å²) in [6, 6.07) is 10.4. The molecule has 5 rings (SSSR count). The molecule has 1 fully saturated rings. The lowest BCUT2D eigenvalue weighted by Crippen LogP contribution is -2.53. The first kappa shape index (κ1) is 29.5. The molecule has 0 radical (unpaired) electrons. The standard InChI is InChI=1S/C28H40N6O5SSi/c1-28(2,3)41(4,5)39-23-15-18(14-21(23)26(33-27(35)36)40(29,37)38)34-13-12-20-24(30-16-31-25(20)34)32-22-11-10-17-8-6-7-9-19(17)22/h6-9,12-13,16,18,21-23,26,33H,10-11,14-15H2,1-5H3,(H,35,36)(H2,29,37,38)(H,30,31,32)/t18-,21+,22+,23+,26?/m1/s1. The molecule has 3 aromatic rings. The molecule has 1 aromatic carbocycles. The predicted molar refractivity (Wildman–Crippen MR) is 161 cm³/mol. The number of fused-ring (bicyclic) bond motifs is 2. The summed E-state index contributed by atoms with van der Waals surface area (Å²) in [7, 11) is -6.59. The van der Waals surface area contributed by atoms with Crippen molar-refractivity contribution in [2.75, 3.05) is 5.32 Å². The molecule has 11 nitrogen and oxygen atoms in total. The molecule has 2 aliphatic carbocycles. The van der Waals surface area contributed by atoms with E-state index in [4.69, 9.17) is 9.56 Å². The van der Waals surface area contributed by atoms with Gasteiger partial charge in [0, 0.05) is 18.2 Å². The van der Waals surface area contributed by atoms with Crippen LogP contribution >= 0.6 is 0 Å². The van der Waals surface area contributed by atoms with Gasteiger partial charge in [-0.1, -0.05) is 45.0 Å². The van der Waals surface area contributed by atoms with Gasteiger partial charge in [-0.2, -0.15) is 0 Å². The number of hydrogen-bond donors (Lipinski definition) is 4. The number of aryl methyl sites for hydroxylation is 1. The Bertz CT molecular complexity index is 1550. The third kappa shape index (κ3) is 5.85. The van der Waals surface area contributed by atoms with E-state index in [2.05, 4.69) is 78.7 Å². The van der Waals surface area contributed by atoms with E-state index in [-0.39, 0.29) is 17.1 Å². The molecule has 13 heteroatoms. The van der Waals surface area contributed by atoms with E-state index >= 15 is 0 Å². The van der Waals surface area contributed by atoms with E-state index in [1.807, 2.05) is 16.8 Å². The fourth-order valence-electron chi connectivity index (χ4n) is 6.05. The number of hydrogen-bond acceptors (Lipinski definition) is 7. The summed E-state index contributed by atoms with van der Waals surface area (Å²) >= 11 is 0. The number of nitrogens with one attached hydrogen (secondary N) is 2. The number of nitrogens with zero attached hydrogens (tertiary/aromatic N) is 3. The first-order chi connectivity index (χ1) is 19.2. The molecule has 1 saturated carbocycles. The van der Waals surface area contributed by atoms with Crippen molar-refractivity contribution < 1.29 is 22.7 Å². The molecule has 222 valence electrons. The van der Waals surface area contributed by atoms with Gasteiger partial charge in [-0.05, 0) is 61.0 Å². The number of primary sulfonamides is 1. The van der Waals surface area contributed by atoms with Gasteiger partial charge in [0.2, 0.25) is 10.0 Å². The van der Waals surface area contributed by atoms with Gasteiger partial charge in [-0.3, -0.25) is 0 Å². The maximum Gasteiger partial charge on any atom is 0.405 e. The highest BCUT2D eigenvalue weighted by Crippen LogP contribution is 2.46. The maximum atomic E-state index is 12.6. The summed E-state index contributed by atoms with van der Waals surface area (Å²) in [5, 5.41) is 20.1. The fourth-order valence-corrected chi connectivity index (χ4v) is 8.47. The van der Waals surface area contributed by atoms with E-state index in [9.17, 15) is 18.3 Å². The van der Waals surface area contributed by atoms with Gasteiger partial charge in [-0.15, -0.1) is 0 Å². The second kappa shape index (κ2) is 10.7. The molecule has 2 heterocycles. The second-order valence-corrected chi connectivity index (χ2v) is 19.2. The molecule has 2 aliphatic rings. The number of carbonyl (C=O) groups is 1. The average molecular weight is 601 g/mol. The Balaban J connectivity index is 1.47. The zero-order chi connectivity index (χ0) is 29.7. The summed E-state index contributed by atoms with van der Waals surface area (Å²) in [6.07, 6.45) is 4.37. The van der Waals surface area contributed by atoms with Gasteiger partial charge in [0.1, 0.15) is 17.8 Å². The van der Waals surface area contributed by atoms with Gasteiger partial charge < -0.3 is 24.7 Å². The van der Waals surface area contributed by atoms with Gasteiger partial charge in [0.05, 0.1) is 17.5 Å². The van der Waals surface area contributed by atoms with Crippen molar-refractivity contribution in [3.8, 4) is 0 Å². The van der Waals surface area contributed by atoms with Crippen LogP contribution in [0.5, 0.6) is 0 Å². The minimum Gasteiger partial charge on any atom is -0.465 e. The van der Waals surface area contributed by atoms with Crippen LogP contribution < -0.4 is 15.8 Å². The maximum absolute atomic E-state index is 12.6. The minimum atomic E-state index is -4.25. The smallest absolute Gasteiger partial charge is 0.405 e. The fraction of sp³-hybridized carbons (Fsp3) is 0.536. The van der Waals surface area contributed by atoms with Crippen molar-refractivity contribution in [2.45, 2.75) is 88.1 Å². The Kier molecular flexibility index (Phi) is 7.68. The largest absolute Gasteiger partial charge is 0.465 e. The van der Waals surface area contributed by atoms with E-state index in [0.29, 0.717) is 12.8 Å². The number of sulfonamides is 1. The Morgan fingerprint density at radius 3 is 2.61 bits per heavy atom. The number of benzene rings is 1. The number of nitrogens with two attached hydrogens (primary N) is 1. The highest BCUT2D eigenvalue weighted by molar-refractivity contribution is 7.89. The third-order valence-corrected chi connectivity index (χ3v) is 14.8. The molecule has 0 aliphatic heterocycles. The highest BCUT2D eigenvalue weighted by Gasteiger charge is 2.49. The van der Waals surface area contributed by atoms with Crippen LogP contribution in [0.15, 0.2) is 42.9 Å². The number of carboxylic acid groups (broad SMARTS) is 1. The van der Waals surface area contributed by atoms with Crippen LogP contribution in [-0.2, 0) is 20.9 Å². The van der Waals surface area contributed by atoms with Gasteiger partial charge in [0.25, 0.3) is 0 Å². The topological polar surface area (TPSA) is 161 Å². The van der Waals surface area contributed by atoms with Crippen LogP contribution in [0.4, 0.5) is 10.6 Å². The van der Waals surface area contributed by atoms with Gasteiger partial charge >= 0.3 is 6.09 Å².